The molecule has 1 rings (SSSR count). The Morgan fingerprint density at radius 2 is 2.22 bits per heavy atom. The van der Waals surface area contributed by atoms with E-state index in [1.807, 2.05) is 23.9 Å². The molecule has 0 saturated carbocycles. The van der Waals surface area contributed by atoms with Crippen molar-refractivity contribution in [1.82, 2.24) is 10.6 Å². The predicted molar refractivity (Wildman–Crippen MR) is 79.4 cm³/mol. The van der Waals surface area contributed by atoms with Gasteiger partial charge in [0.2, 0.25) is 0 Å². The van der Waals surface area contributed by atoms with E-state index in [1.165, 1.54) is 0 Å². The van der Waals surface area contributed by atoms with Crippen molar-refractivity contribution < 1.29 is 4.42 Å². The topological polar surface area (TPSA) is 49.6 Å². The van der Waals surface area contributed by atoms with Crippen LogP contribution in [0.3, 0.4) is 0 Å². The molecule has 0 atom stereocenters. The molecule has 4 nitrogen and oxygen atoms in total. The third-order valence-corrected chi connectivity index (χ3v) is 2.95. The Morgan fingerprint density at radius 3 is 2.89 bits per heavy atom. The number of furan rings is 1. The Morgan fingerprint density at radius 1 is 1.39 bits per heavy atom. The van der Waals surface area contributed by atoms with E-state index in [9.17, 15) is 0 Å². The monoisotopic (exact) mass is 269 g/mol. The molecule has 2 N–H and O–H groups in total. The van der Waals surface area contributed by atoms with Crippen molar-refractivity contribution in [2.24, 2.45) is 4.99 Å². The highest BCUT2D eigenvalue weighted by atomic mass is 32.2. The van der Waals surface area contributed by atoms with E-state index in [1.54, 1.807) is 6.26 Å². The maximum atomic E-state index is 5.29. The standard InChI is InChI=1S/C13H23N3OS/c1-3-7-14-13(16-9-11-18-2)15-8-6-12-5-4-10-17-12/h4-5,10H,3,6-9,11H2,1-2H3,(H2,14,15,16). The summed E-state index contributed by atoms with van der Waals surface area (Å²) in [6.45, 7) is 4.76. The van der Waals surface area contributed by atoms with E-state index in [4.69, 9.17) is 4.42 Å². The zero-order chi connectivity index (χ0) is 13.1. The number of hydrogen-bond acceptors (Lipinski definition) is 3. The lowest BCUT2D eigenvalue weighted by molar-refractivity contribution is 0.507. The first kappa shape index (κ1) is 15.0. The van der Waals surface area contributed by atoms with Crippen LogP contribution in [0, 0.1) is 0 Å². The summed E-state index contributed by atoms with van der Waals surface area (Å²) < 4.78 is 5.29. The van der Waals surface area contributed by atoms with E-state index in [-0.39, 0.29) is 0 Å². The Kier molecular flexibility index (Phi) is 8.21. The largest absolute Gasteiger partial charge is 0.469 e. The number of thioether (sulfide) groups is 1. The molecule has 5 heteroatoms. The molecule has 0 unspecified atom stereocenters. The summed E-state index contributed by atoms with van der Waals surface area (Å²) in [7, 11) is 0. The van der Waals surface area contributed by atoms with Gasteiger partial charge in [-0.2, -0.15) is 11.8 Å². The van der Waals surface area contributed by atoms with E-state index in [0.717, 1.165) is 49.9 Å². The second kappa shape index (κ2) is 9.88. The highest BCUT2D eigenvalue weighted by Crippen LogP contribution is 1.99. The molecule has 1 heterocycles. The molecule has 0 radical (unpaired) electrons. The van der Waals surface area contributed by atoms with Gasteiger partial charge in [0.25, 0.3) is 0 Å². The summed E-state index contributed by atoms with van der Waals surface area (Å²) >= 11 is 1.83. The number of aliphatic imine (C=N–C) groups is 1. The van der Waals surface area contributed by atoms with Crippen LogP contribution in [0.4, 0.5) is 0 Å². The molecule has 0 fully saturated rings. The first-order chi connectivity index (χ1) is 8.86. The molecule has 0 amide bonds. The van der Waals surface area contributed by atoms with Crippen LogP contribution in [0.25, 0.3) is 0 Å². The van der Waals surface area contributed by atoms with Gasteiger partial charge in [0.05, 0.1) is 6.26 Å². The average molecular weight is 269 g/mol. The smallest absolute Gasteiger partial charge is 0.191 e. The van der Waals surface area contributed by atoms with Gasteiger partial charge < -0.3 is 15.1 Å². The van der Waals surface area contributed by atoms with Gasteiger partial charge in [0, 0.05) is 31.8 Å². The number of rotatable bonds is 8. The molecule has 0 bridgehead atoms. The van der Waals surface area contributed by atoms with Crippen LogP contribution < -0.4 is 10.6 Å². The molecular weight excluding hydrogens is 246 g/mol. The normalized spacial score (nSPS) is 11.6. The minimum atomic E-state index is 0.836. The fourth-order valence-electron chi connectivity index (χ4n) is 1.43. The van der Waals surface area contributed by atoms with Crippen LogP contribution in [0.2, 0.25) is 0 Å². The van der Waals surface area contributed by atoms with Gasteiger partial charge >= 0.3 is 0 Å². The first-order valence-electron chi connectivity index (χ1n) is 6.40. The molecule has 0 aliphatic rings. The number of hydrogen-bond donors (Lipinski definition) is 2. The Labute approximate surface area is 114 Å². The van der Waals surface area contributed by atoms with Gasteiger partial charge in [-0.1, -0.05) is 6.92 Å². The second-order valence-electron chi connectivity index (χ2n) is 3.91. The van der Waals surface area contributed by atoms with Crippen molar-refractivity contribution in [3.63, 3.8) is 0 Å². The molecule has 1 aromatic rings. The summed E-state index contributed by atoms with van der Waals surface area (Å²) in [5.41, 5.74) is 0. The lowest BCUT2D eigenvalue weighted by Gasteiger charge is -2.11. The lowest BCUT2D eigenvalue weighted by atomic mass is 10.3. The Hall–Kier alpha value is -1.10. The van der Waals surface area contributed by atoms with Gasteiger partial charge in [0.1, 0.15) is 5.76 Å². The predicted octanol–water partition coefficient (Wildman–Crippen LogP) is 2.13. The van der Waals surface area contributed by atoms with Crippen molar-refractivity contribution >= 4 is 17.7 Å². The van der Waals surface area contributed by atoms with E-state index in [0.29, 0.717) is 0 Å². The lowest BCUT2D eigenvalue weighted by Crippen LogP contribution is -2.39. The number of nitrogens with zero attached hydrogens (tertiary/aromatic N) is 1. The van der Waals surface area contributed by atoms with Crippen LogP contribution in [-0.2, 0) is 6.42 Å². The van der Waals surface area contributed by atoms with Gasteiger partial charge in [-0.05, 0) is 24.8 Å². The zero-order valence-electron chi connectivity index (χ0n) is 11.2. The van der Waals surface area contributed by atoms with Crippen molar-refractivity contribution in [1.29, 1.82) is 0 Å². The summed E-state index contributed by atoms with van der Waals surface area (Å²) in [4.78, 5) is 4.49. The molecule has 0 aliphatic heterocycles. The highest BCUT2D eigenvalue weighted by Gasteiger charge is 1.99. The van der Waals surface area contributed by atoms with Crippen LogP contribution in [0.5, 0.6) is 0 Å². The Balaban J connectivity index is 2.26. The second-order valence-corrected chi connectivity index (χ2v) is 4.89. The molecule has 18 heavy (non-hydrogen) atoms. The fraction of sp³-hybridized carbons (Fsp3) is 0.615. The molecular formula is C13H23N3OS. The van der Waals surface area contributed by atoms with E-state index < -0.39 is 0 Å². The third kappa shape index (κ3) is 6.59. The molecule has 0 aliphatic carbocycles. The highest BCUT2D eigenvalue weighted by molar-refractivity contribution is 7.98. The summed E-state index contributed by atoms with van der Waals surface area (Å²) in [5.74, 6) is 2.99. The van der Waals surface area contributed by atoms with Crippen LogP contribution in [0.1, 0.15) is 19.1 Å². The van der Waals surface area contributed by atoms with Crippen molar-refractivity contribution in [2.45, 2.75) is 19.8 Å². The maximum absolute atomic E-state index is 5.29. The summed E-state index contributed by atoms with van der Waals surface area (Å²) in [5, 5.41) is 6.64. The summed E-state index contributed by atoms with van der Waals surface area (Å²) in [6, 6.07) is 3.91. The van der Waals surface area contributed by atoms with Crippen LogP contribution >= 0.6 is 11.8 Å². The van der Waals surface area contributed by atoms with Crippen molar-refractivity contribution in [2.75, 3.05) is 31.6 Å². The van der Waals surface area contributed by atoms with Gasteiger partial charge in [-0.25, -0.2) is 0 Å². The molecule has 1 aromatic heterocycles. The van der Waals surface area contributed by atoms with E-state index >= 15 is 0 Å². The van der Waals surface area contributed by atoms with E-state index in [2.05, 4.69) is 28.8 Å². The van der Waals surface area contributed by atoms with Crippen LogP contribution in [0.15, 0.2) is 27.8 Å². The minimum absolute atomic E-state index is 0.836. The average Bonchev–Trinajstić information content (AvgIpc) is 2.88. The zero-order valence-corrected chi connectivity index (χ0v) is 12.1. The SMILES string of the molecule is CCCN=C(NCCSC)NCCc1ccco1. The number of nitrogens with one attached hydrogen (secondary N) is 2. The van der Waals surface area contributed by atoms with Gasteiger partial charge in [0.15, 0.2) is 5.96 Å². The molecule has 0 saturated heterocycles. The minimum Gasteiger partial charge on any atom is -0.469 e. The number of guanidine groups is 1. The van der Waals surface area contributed by atoms with Gasteiger partial charge in [-0.3, -0.25) is 4.99 Å². The summed E-state index contributed by atoms with van der Waals surface area (Å²) in [6.07, 6.45) is 5.75. The fourth-order valence-corrected chi connectivity index (χ4v) is 1.73. The third-order valence-electron chi connectivity index (χ3n) is 2.34. The van der Waals surface area contributed by atoms with Crippen LogP contribution in [-0.4, -0.2) is 37.6 Å². The molecule has 102 valence electrons. The Bertz CT molecular complexity index is 325. The van der Waals surface area contributed by atoms with Gasteiger partial charge in [-0.15, -0.1) is 0 Å². The molecule has 0 spiro atoms. The molecule has 0 aromatic carbocycles. The van der Waals surface area contributed by atoms with Crippen molar-refractivity contribution in [3.05, 3.63) is 24.2 Å². The maximum Gasteiger partial charge on any atom is 0.191 e. The first-order valence-corrected chi connectivity index (χ1v) is 7.79. The van der Waals surface area contributed by atoms with Crippen molar-refractivity contribution in [3.8, 4) is 0 Å². The quantitative estimate of drug-likeness (QED) is 0.431.